The molecule has 4 nitrogen and oxygen atoms in total. The van der Waals surface area contributed by atoms with Crippen LogP contribution in [0.2, 0.25) is 5.02 Å². The van der Waals surface area contributed by atoms with Crippen molar-refractivity contribution >= 4 is 23.2 Å². The van der Waals surface area contributed by atoms with E-state index in [-0.39, 0.29) is 11.9 Å². The fourth-order valence-corrected chi connectivity index (χ4v) is 5.45. The van der Waals surface area contributed by atoms with Crippen molar-refractivity contribution in [2.24, 2.45) is 5.92 Å². The average Bonchev–Trinajstić information content (AvgIpc) is 2.89. The van der Waals surface area contributed by atoms with Crippen LogP contribution in [0.5, 0.6) is 0 Å². The zero-order chi connectivity index (χ0) is 19.3. The molecule has 2 unspecified atom stereocenters. The van der Waals surface area contributed by atoms with Crippen molar-refractivity contribution < 1.29 is 9.53 Å². The molecule has 0 aromatic heterocycles. The lowest BCUT2D eigenvalue weighted by molar-refractivity contribution is 0.0524. The number of piperidine rings is 1. The van der Waals surface area contributed by atoms with Crippen LogP contribution < -0.4 is 4.90 Å². The summed E-state index contributed by atoms with van der Waals surface area (Å²) in [5.74, 6) is 1.07. The summed E-state index contributed by atoms with van der Waals surface area (Å²) in [4.78, 5) is 17.8. The number of ether oxygens (including phenoxy) is 1. The molecule has 3 atom stereocenters. The van der Waals surface area contributed by atoms with E-state index in [2.05, 4.69) is 34.9 Å². The molecule has 2 heterocycles. The maximum atomic E-state index is 13.3. The van der Waals surface area contributed by atoms with Gasteiger partial charge >= 0.3 is 0 Å². The third-order valence-electron chi connectivity index (χ3n) is 6.65. The Hall–Kier alpha value is -2.04. The average molecular weight is 397 g/mol. The van der Waals surface area contributed by atoms with Gasteiger partial charge in [0.05, 0.1) is 19.3 Å². The van der Waals surface area contributed by atoms with Crippen LogP contribution in [-0.2, 0) is 4.74 Å². The van der Waals surface area contributed by atoms with Crippen LogP contribution in [0.25, 0.3) is 0 Å². The van der Waals surface area contributed by atoms with Crippen molar-refractivity contribution in [3.63, 3.8) is 0 Å². The summed E-state index contributed by atoms with van der Waals surface area (Å²) < 4.78 is 5.50. The summed E-state index contributed by atoms with van der Waals surface area (Å²) in [6.45, 7) is 6.49. The summed E-state index contributed by atoms with van der Waals surface area (Å²) in [5.41, 5.74) is 4.68. The lowest BCUT2D eigenvalue weighted by Crippen LogP contribution is -2.41. The molecule has 0 radical (unpaired) electrons. The molecule has 2 bridgehead atoms. The first kappa shape index (κ1) is 18.0. The van der Waals surface area contributed by atoms with Gasteiger partial charge in [-0.3, -0.25) is 4.79 Å². The quantitative estimate of drug-likeness (QED) is 0.749. The Morgan fingerprint density at radius 2 is 1.89 bits per heavy atom. The number of carbonyl (C=O) groups excluding carboxylic acids is 1. The molecule has 146 valence electrons. The Bertz CT molecular complexity index is 909. The third-order valence-corrected chi connectivity index (χ3v) is 6.88. The monoisotopic (exact) mass is 396 g/mol. The summed E-state index contributed by atoms with van der Waals surface area (Å²) in [5, 5.41) is 0.607. The Morgan fingerprint density at radius 3 is 2.68 bits per heavy atom. The molecule has 5 rings (SSSR count). The largest absolute Gasteiger partial charge is 0.378 e. The molecule has 2 aromatic rings. The number of benzene rings is 2. The zero-order valence-electron chi connectivity index (χ0n) is 16.1. The topological polar surface area (TPSA) is 32.8 Å². The molecule has 0 spiro atoms. The highest BCUT2D eigenvalue weighted by Crippen LogP contribution is 2.53. The summed E-state index contributed by atoms with van der Waals surface area (Å²) in [6.07, 6.45) is 1.02. The molecule has 2 aromatic carbocycles. The van der Waals surface area contributed by atoms with E-state index in [4.69, 9.17) is 16.3 Å². The maximum Gasteiger partial charge on any atom is 0.254 e. The standard InChI is InChI=1S/C23H25ClN2O2/c1-15-19-7-8-26(23(27)16-3-2-4-17(24)13-16)22(15)21-14-18(5-6-20(19)21)25-9-11-28-12-10-25/h2-6,13-15,19,22H,7-12H2,1H3/t15-,19?,22?/m0/s1. The highest BCUT2D eigenvalue weighted by Gasteiger charge is 2.46. The predicted molar refractivity (Wildman–Crippen MR) is 111 cm³/mol. The van der Waals surface area contributed by atoms with E-state index in [0.717, 1.165) is 39.3 Å². The van der Waals surface area contributed by atoms with Gasteiger partial charge in [-0.1, -0.05) is 30.7 Å². The van der Waals surface area contributed by atoms with Crippen LogP contribution in [0, 0.1) is 5.92 Å². The van der Waals surface area contributed by atoms with Gasteiger partial charge in [0.1, 0.15) is 0 Å². The van der Waals surface area contributed by atoms with Crippen LogP contribution >= 0.6 is 11.6 Å². The fraction of sp³-hybridized carbons (Fsp3) is 0.435. The number of hydrogen-bond donors (Lipinski definition) is 0. The molecule has 2 aliphatic heterocycles. The number of rotatable bonds is 2. The normalized spacial score (nSPS) is 26.3. The summed E-state index contributed by atoms with van der Waals surface area (Å²) >= 11 is 6.14. The minimum Gasteiger partial charge on any atom is -0.378 e. The van der Waals surface area contributed by atoms with E-state index >= 15 is 0 Å². The number of nitrogens with zero attached hydrogens (tertiary/aromatic N) is 2. The van der Waals surface area contributed by atoms with E-state index in [9.17, 15) is 4.79 Å². The van der Waals surface area contributed by atoms with Gasteiger partial charge in [0.25, 0.3) is 5.91 Å². The molecule has 2 saturated heterocycles. The third kappa shape index (κ3) is 2.90. The molecule has 28 heavy (non-hydrogen) atoms. The van der Waals surface area contributed by atoms with Crippen LogP contribution in [0.3, 0.4) is 0 Å². The highest BCUT2D eigenvalue weighted by molar-refractivity contribution is 6.30. The van der Waals surface area contributed by atoms with E-state index in [0.29, 0.717) is 22.4 Å². The fourth-order valence-electron chi connectivity index (χ4n) is 5.26. The Balaban J connectivity index is 1.50. The van der Waals surface area contributed by atoms with Gasteiger partial charge in [-0.05, 0) is 59.7 Å². The van der Waals surface area contributed by atoms with Crippen molar-refractivity contribution in [1.82, 2.24) is 4.90 Å². The van der Waals surface area contributed by atoms with Gasteiger partial charge < -0.3 is 14.5 Å². The van der Waals surface area contributed by atoms with Crippen molar-refractivity contribution in [2.45, 2.75) is 25.3 Å². The minimum atomic E-state index is 0.0856. The molecular weight excluding hydrogens is 372 g/mol. The second-order valence-electron chi connectivity index (χ2n) is 8.12. The number of anilines is 1. The number of hydrogen-bond acceptors (Lipinski definition) is 3. The summed E-state index contributed by atoms with van der Waals surface area (Å²) in [6, 6.07) is 14.3. The number of halogens is 1. The second kappa shape index (κ2) is 7.09. The summed E-state index contributed by atoms with van der Waals surface area (Å²) in [7, 11) is 0. The maximum absolute atomic E-state index is 13.3. The number of amides is 1. The second-order valence-corrected chi connectivity index (χ2v) is 8.56. The SMILES string of the molecule is C[C@H]1C2CCN(C(=O)c3cccc(Cl)c3)C1c1cc(N3CCOCC3)ccc12. The number of morpholine rings is 1. The van der Waals surface area contributed by atoms with Gasteiger partial charge in [-0.25, -0.2) is 0 Å². The Labute approximate surface area is 171 Å². The smallest absolute Gasteiger partial charge is 0.254 e. The van der Waals surface area contributed by atoms with Crippen LogP contribution in [0.1, 0.15) is 46.8 Å². The van der Waals surface area contributed by atoms with Crippen molar-refractivity contribution in [1.29, 1.82) is 0 Å². The first-order valence-corrected chi connectivity index (χ1v) is 10.5. The molecule has 0 saturated carbocycles. The van der Waals surface area contributed by atoms with Crippen LogP contribution in [0.4, 0.5) is 5.69 Å². The Morgan fingerprint density at radius 1 is 1.07 bits per heavy atom. The molecule has 5 heteroatoms. The van der Waals surface area contributed by atoms with Gasteiger partial charge in [-0.2, -0.15) is 0 Å². The molecule has 2 fully saturated rings. The van der Waals surface area contributed by atoms with Gasteiger partial charge in [-0.15, -0.1) is 0 Å². The lowest BCUT2D eigenvalue weighted by atomic mass is 9.85. The van der Waals surface area contributed by atoms with Crippen molar-refractivity contribution in [3.8, 4) is 0 Å². The van der Waals surface area contributed by atoms with Gasteiger partial charge in [0.15, 0.2) is 0 Å². The highest BCUT2D eigenvalue weighted by atomic mass is 35.5. The Kier molecular flexibility index (Phi) is 4.56. The van der Waals surface area contributed by atoms with E-state index < -0.39 is 0 Å². The molecule has 0 N–H and O–H groups in total. The lowest BCUT2D eigenvalue weighted by Gasteiger charge is -2.38. The van der Waals surface area contributed by atoms with Gasteiger partial charge in [0.2, 0.25) is 0 Å². The number of carbonyl (C=O) groups is 1. The predicted octanol–water partition coefficient (Wildman–Crippen LogP) is 4.50. The van der Waals surface area contributed by atoms with Crippen molar-refractivity contribution in [3.05, 3.63) is 64.2 Å². The van der Waals surface area contributed by atoms with Gasteiger partial charge in [0, 0.05) is 35.9 Å². The van der Waals surface area contributed by atoms with E-state index in [1.165, 1.54) is 16.8 Å². The van der Waals surface area contributed by atoms with Crippen molar-refractivity contribution in [2.75, 3.05) is 37.7 Å². The first-order valence-electron chi connectivity index (χ1n) is 10.2. The first-order chi connectivity index (χ1) is 13.6. The van der Waals surface area contributed by atoms with Crippen LogP contribution in [-0.4, -0.2) is 43.7 Å². The minimum absolute atomic E-state index is 0.0856. The van der Waals surface area contributed by atoms with E-state index in [1.54, 1.807) is 6.07 Å². The zero-order valence-corrected chi connectivity index (χ0v) is 16.9. The number of likely N-dealkylation sites (tertiary alicyclic amines) is 1. The number of fused-ring (bicyclic) bond motifs is 5. The molecule has 1 amide bonds. The molecular formula is C23H25ClN2O2. The van der Waals surface area contributed by atoms with E-state index in [1.807, 2.05) is 18.2 Å². The molecule has 3 aliphatic rings. The molecule has 1 aliphatic carbocycles. The van der Waals surface area contributed by atoms with Crippen LogP contribution in [0.15, 0.2) is 42.5 Å².